The monoisotopic (exact) mass is 659 g/mol. The number of carbonyl (C=O) groups excluding carboxylic acids is 1. The van der Waals surface area contributed by atoms with E-state index in [0.717, 1.165) is 68.4 Å². The van der Waals surface area contributed by atoms with Crippen LogP contribution in [0.3, 0.4) is 0 Å². The average Bonchev–Trinajstić information content (AvgIpc) is 3.62. The zero-order chi connectivity index (χ0) is 31.7. The second kappa shape index (κ2) is 14.0. The highest BCUT2D eigenvalue weighted by Gasteiger charge is 2.23. The SMILES string of the molecule is CC(C)C(=O)N(C)c1ccc(N2CCOCC2)c(COc2ccc(-c3c(-c4ccccc4)c4sc(C(=O)O)cc4n3C)cc2)c1.Cl. The van der Waals surface area contributed by atoms with E-state index >= 15 is 0 Å². The molecule has 1 aliphatic heterocycles. The molecule has 1 fully saturated rings. The largest absolute Gasteiger partial charge is 0.489 e. The van der Waals surface area contributed by atoms with Crippen LogP contribution >= 0.6 is 23.7 Å². The van der Waals surface area contributed by atoms with E-state index in [1.165, 1.54) is 11.3 Å². The van der Waals surface area contributed by atoms with E-state index in [9.17, 15) is 14.7 Å². The predicted octanol–water partition coefficient (Wildman–Crippen LogP) is 7.73. The number of fused-ring (bicyclic) bond motifs is 1. The summed E-state index contributed by atoms with van der Waals surface area (Å²) in [5, 5.41) is 9.65. The summed E-state index contributed by atoms with van der Waals surface area (Å²) < 4.78 is 15.0. The molecular weight excluding hydrogens is 622 g/mol. The van der Waals surface area contributed by atoms with Crippen LogP contribution in [0.15, 0.2) is 78.9 Å². The number of halogens is 1. The van der Waals surface area contributed by atoms with Crippen molar-refractivity contribution in [3.63, 3.8) is 0 Å². The third kappa shape index (κ3) is 6.49. The third-order valence-electron chi connectivity index (χ3n) is 8.30. The number of hydrogen-bond acceptors (Lipinski definition) is 6. The number of amides is 1. The Bertz CT molecular complexity index is 1840. The minimum Gasteiger partial charge on any atom is -0.489 e. The lowest BCUT2D eigenvalue weighted by Gasteiger charge is -2.31. The van der Waals surface area contributed by atoms with Crippen LogP contribution in [0.1, 0.15) is 29.1 Å². The molecule has 0 spiro atoms. The van der Waals surface area contributed by atoms with Crippen molar-refractivity contribution < 1.29 is 24.2 Å². The molecule has 2 aromatic heterocycles. The number of aromatic nitrogens is 1. The molecule has 0 aliphatic carbocycles. The van der Waals surface area contributed by atoms with Gasteiger partial charge < -0.3 is 28.9 Å². The molecule has 10 heteroatoms. The molecule has 0 radical (unpaired) electrons. The summed E-state index contributed by atoms with van der Waals surface area (Å²) in [4.78, 5) is 28.8. The summed E-state index contributed by atoms with van der Waals surface area (Å²) >= 11 is 1.30. The van der Waals surface area contributed by atoms with Crippen LogP contribution in [0, 0.1) is 5.92 Å². The minimum atomic E-state index is -0.918. The highest BCUT2D eigenvalue weighted by molar-refractivity contribution is 7.21. The number of carbonyl (C=O) groups is 2. The van der Waals surface area contributed by atoms with E-state index in [1.807, 2.05) is 82.5 Å². The van der Waals surface area contributed by atoms with Gasteiger partial charge in [-0.3, -0.25) is 4.79 Å². The Balaban J connectivity index is 0.00000417. The molecule has 240 valence electrons. The topological polar surface area (TPSA) is 84.2 Å². The normalized spacial score (nSPS) is 13.1. The van der Waals surface area contributed by atoms with Gasteiger partial charge in [-0.2, -0.15) is 0 Å². The predicted molar refractivity (Wildman–Crippen MR) is 188 cm³/mol. The molecule has 8 nitrogen and oxygen atoms in total. The van der Waals surface area contributed by atoms with Crippen molar-refractivity contribution in [1.29, 1.82) is 0 Å². The van der Waals surface area contributed by atoms with Gasteiger partial charge in [0, 0.05) is 55.6 Å². The summed E-state index contributed by atoms with van der Waals surface area (Å²) in [7, 11) is 3.80. The lowest BCUT2D eigenvalue weighted by atomic mass is 10.0. The lowest BCUT2D eigenvalue weighted by molar-refractivity contribution is -0.121. The van der Waals surface area contributed by atoms with E-state index in [0.29, 0.717) is 24.7 Å². The van der Waals surface area contributed by atoms with E-state index in [-0.39, 0.29) is 24.2 Å². The molecule has 0 atom stereocenters. The molecule has 1 amide bonds. The molecule has 1 N–H and O–H groups in total. The van der Waals surface area contributed by atoms with Crippen molar-refractivity contribution in [2.24, 2.45) is 13.0 Å². The van der Waals surface area contributed by atoms with Gasteiger partial charge in [0.15, 0.2) is 0 Å². The van der Waals surface area contributed by atoms with Crippen molar-refractivity contribution in [3.05, 3.63) is 89.3 Å². The number of hydrogen-bond donors (Lipinski definition) is 1. The Morgan fingerprint density at radius 1 is 0.978 bits per heavy atom. The van der Waals surface area contributed by atoms with Gasteiger partial charge in [-0.15, -0.1) is 23.7 Å². The average molecular weight is 660 g/mol. The lowest BCUT2D eigenvalue weighted by Crippen LogP contribution is -2.37. The maximum atomic E-state index is 12.7. The second-order valence-electron chi connectivity index (χ2n) is 11.6. The first-order chi connectivity index (χ1) is 21.7. The number of carboxylic acid groups (broad SMARTS) is 1. The quantitative estimate of drug-likeness (QED) is 0.174. The molecule has 0 unspecified atom stereocenters. The standard InChI is InChI=1S/C36H37N3O5S.ClH/c1-23(2)35(40)37(3)27-12-15-29(39-16-18-43-19-17-39)26(20-27)22-44-28-13-10-25(11-14-28)33-32(24-8-6-5-7-9-24)34-30(38(33)4)21-31(45-34)36(41)42;/h5-15,20-21,23H,16-19,22H2,1-4H3,(H,41,42);1H. The first-order valence-electron chi connectivity index (χ1n) is 15.1. The summed E-state index contributed by atoms with van der Waals surface area (Å²) in [5.74, 6) is -0.229. The fourth-order valence-corrected chi connectivity index (χ4v) is 7.01. The molecule has 3 aromatic carbocycles. The third-order valence-corrected chi connectivity index (χ3v) is 9.42. The molecule has 5 aromatic rings. The Kier molecular flexibility index (Phi) is 10.1. The van der Waals surface area contributed by atoms with Gasteiger partial charge in [0.2, 0.25) is 5.91 Å². The number of morpholine rings is 1. The van der Waals surface area contributed by atoms with Crippen LogP contribution < -0.4 is 14.5 Å². The maximum Gasteiger partial charge on any atom is 0.345 e. The van der Waals surface area contributed by atoms with Crippen LogP contribution in [-0.4, -0.2) is 54.9 Å². The van der Waals surface area contributed by atoms with Gasteiger partial charge in [-0.1, -0.05) is 44.2 Å². The van der Waals surface area contributed by atoms with Crippen LogP contribution in [0.2, 0.25) is 0 Å². The van der Waals surface area contributed by atoms with E-state index in [2.05, 4.69) is 27.7 Å². The Morgan fingerprint density at radius 3 is 2.33 bits per heavy atom. The van der Waals surface area contributed by atoms with Crippen molar-refractivity contribution >= 4 is 57.2 Å². The smallest absolute Gasteiger partial charge is 0.345 e. The van der Waals surface area contributed by atoms with Crippen LogP contribution in [0.25, 0.3) is 32.6 Å². The van der Waals surface area contributed by atoms with Gasteiger partial charge >= 0.3 is 5.97 Å². The molecule has 3 heterocycles. The number of rotatable bonds is 9. The molecule has 0 saturated carbocycles. The maximum absolute atomic E-state index is 12.7. The van der Waals surface area contributed by atoms with Gasteiger partial charge in [0.05, 0.1) is 29.1 Å². The molecule has 6 rings (SSSR count). The zero-order valence-electron chi connectivity index (χ0n) is 26.4. The fraction of sp³-hybridized carbons (Fsp3) is 0.278. The number of carboxylic acids is 1. The Hall–Kier alpha value is -4.31. The van der Waals surface area contributed by atoms with Gasteiger partial charge in [0.25, 0.3) is 0 Å². The number of aromatic carboxylic acids is 1. The number of nitrogens with zero attached hydrogens (tertiary/aromatic N) is 3. The van der Waals surface area contributed by atoms with Crippen LogP contribution in [0.4, 0.5) is 11.4 Å². The van der Waals surface area contributed by atoms with Crippen molar-refractivity contribution in [2.75, 3.05) is 43.2 Å². The summed E-state index contributed by atoms with van der Waals surface area (Å²) in [6, 6.07) is 26.0. The minimum absolute atomic E-state index is 0. The number of thiophene rings is 1. The number of benzene rings is 3. The zero-order valence-corrected chi connectivity index (χ0v) is 28.0. The second-order valence-corrected chi connectivity index (χ2v) is 12.6. The first kappa shape index (κ1) is 33.1. The van der Waals surface area contributed by atoms with E-state index in [4.69, 9.17) is 9.47 Å². The van der Waals surface area contributed by atoms with Gasteiger partial charge in [0.1, 0.15) is 17.2 Å². The number of aryl methyl sites for hydroxylation is 1. The number of ether oxygens (including phenoxy) is 2. The first-order valence-corrected chi connectivity index (χ1v) is 15.9. The Labute approximate surface area is 279 Å². The fourth-order valence-electron chi connectivity index (χ4n) is 5.91. The highest BCUT2D eigenvalue weighted by Crippen LogP contribution is 2.44. The summed E-state index contributed by atoms with van der Waals surface area (Å²) in [6.07, 6.45) is 0. The summed E-state index contributed by atoms with van der Waals surface area (Å²) in [5.41, 5.74) is 7.90. The van der Waals surface area contributed by atoms with Crippen molar-refractivity contribution in [2.45, 2.75) is 20.5 Å². The number of anilines is 2. The van der Waals surface area contributed by atoms with Gasteiger partial charge in [-0.05, 0) is 59.7 Å². The van der Waals surface area contributed by atoms with Crippen LogP contribution in [-0.2, 0) is 23.2 Å². The molecule has 0 bridgehead atoms. The van der Waals surface area contributed by atoms with Crippen molar-refractivity contribution in [1.82, 2.24) is 4.57 Å². The molecule has 46 heavy (non-hydrogen) atoms. The summed E-state index contributed by atoms with van der Waals surface area (Å²) in [6.45, 7) is 7.11. The van der Waals surface area contributed by atoms with Crippen LogP contribution in [0.5, 0.6) is 5.75 Å². The van der Waals surface area contributed by atoms with E-state index < -0.39 is 5.97 Å². The van der Waals surface area contributed by atoms with E-state index in [1.54, 1.807) is 11.0 Å². The van der Waals surface area contributed by atoms with Crippen molar-refractivity contribution in [3.8, 4) is 28.1 Å². The molecule has 1 aliphatic rings. The molecule has 1 saturated heterocycles. The van der Waals surface area contributed by atoms with Gasteiger partial charge in [-0.25, -0.2) is 4.79 Å². The highest BCUT2D eigenvalue weighted by atomic mass is 35.5. The molecular formula is C36H38ClN3O5S. The Morgan fingerprint density at radius 2 is 1.67 bits per heavy atom.